The number of nitrogens with zero attached hydrogens (tertiary/aromatic N) is 3. The highest BCUT2D eigenvalue weighted by atomic mass is 32.1. The van der Waals surface area contributed by atoms with Crippen LogP contribution in [0.15, 0.2) is 29.9 Å². The maximum atomic E-state index is 12.1. The smallest absolute Gasteiger partial charge is 0.220 e. The van der Waals surface area contributed by atoms with Gasteiger partial charge in [-0.2, -0.15) is 0 Å². The van der Waals surface area contributed by atoms with Gasteiger partial charge in [-0.1, -0.05) is 6.07 Å². The number of carbonyl (C=O) groups is 1. The first-order valence-electron chi connectivity index (χ1n) is 9.84. The Hall–Kier alpha value is -2.15. The molecule has 1 fully saturated rings. The minimum absolute atomic E-state index is 0.167. The lowest BCUT2D eigenvalue weighted by molar-refractivity contribution is -0.121. The molecule has 1 amide bonds. The van der Waals surface area contributed by atoms with E-state index in [-0.39, 0.29) is 5.91 Å². The van der Waals surface area contributed by atoms with Crippen molar-refractivity contribution in [2.24, 2.45) is 5.92 Å². The number of hydrogen-bond acceptors (Lipinski definition) is 6. The van der Waals surface area contributed by atoms with Crippen LogP contribution in [0.5, 0.6) is 0 Å². The number of anilines is 2. The Bertz CT molecular complexity index is 706. The molecule has 3 rings (SSSR count). The van der Waals surface area contributed by atoms with Crippen molar-refractivity contribution in [2.45, 2.75) is 39.0 Å². The number of thiophene rings is 1. The Morgan fingerprint density at radius 2 is 2.33 bits per heavy atom. The van der Waals surface area contributed by atoms with Crippen molar-refractivity contribution in [3.8, 4) is 0 Å². The quantitative estimate of drug-likeness (QED) is 0.691. The molecule has 146 valence electrons. The van der Waals surface area contributed by atoms with E-state index >= 15 is 0 Å². The summed E-state index contributed by atoms with van der Waals surface area (Å²) >= 11 is 1.74. The summed E-state index contributed by atoms with van der Waals surface area (Å²) in [7, 11) is 0. The minimum atomic E-state index is 0.167. The van der Waals surface area contributed by atoms with Gasteiger partial charge >= 0.3 is 0 Å². The summed E-state index contributed by atoms with van der Waals surface area (Å²) in [5.41, 5.74) is 0. The molecule has 0 aromatic carbocycles. The number of hydrogen-bond donors (Lipinski definition) is 2. The Morgan fingerprint density at radius 3 is 3.15 bits per heavy atom. The zero-order valence-corrected chi connectivity index (χ0v) is 16.8. The maximum absolute atomic E-state index is 12.1. The number of aromatic nitrogens is 2. The molecular formula is C20H29N5OS. The van der Waals surface area contributed by atoms with E-state index < -0.39 is 0 Å². The molecule has 1 atom stereocenters. The summed E-state index contributed by atoms with van der Waals surface area (Å²) in [6.45, 7) is 5.62. The fraction of sp³-hybridized carbons (Fsp3) is 0.550. The second kappa shape index (κ2) is 10.3. The average Bonchev–Trinajstić information content (AvgIpc) is 3.21. The van der Waals surface area contributed by atoms with Crippen molar-refractivity contribution in [2.75, 3.05) is 36.4 Å². The zero-order chi connectivity index (χ0) is 18.9. The lowest BCUT2D eigenvalue weighted by Gasteiger charge is -2.33. The van der Waals surface area contributed by atoms with Crippen molar-refractivity contribution >= 4 is 28.9 Å². The molecule has 1 aliphatic rings. The van der Waals surface area contributed by atoms with Crippen LogP contribution in [0.4, 0.5) is 11.6 Å². The van der Waals surface area contributed by atoms with E-state index in [1.807, 2.05) is 6.07 Å². The van der Waals surface area contributed by atoms with E-state index in [1.54, 1.807) is 17.7 Å². The second-order valence-corrected chi connectivity index (χ2v) is 8.00. The SMILES string of the molecule is CCNc1cc(N2CCC[C@@H](CCC(=O)NCCc3cccs3)C2)ncn1. The summed E-state index contributed by atoms with van der Waals surface area (Å²) in [5.74, 6) is 2.56. The molecule has 0 saturated carbocycles. The molecule has 1 saturated heterocycles. The van der Waals surface area contributed by atoms with Gasteiger partial charge in [-0.25, -0.2) is 9.97 Å². The third kappa shape index (κ3) is 6.20. The predicted octanol–water partition coefficient (Wildman–Crippen LogP) is 3.33. The van der Waals surface area contributed by atoms with Crippen LogP contribution in [0.2, 0.25) is 0 Å². The Morgan fingerprint density at radius 1 is 1.41 bits per heavy atom. The van der Waals surface area contributed by atoms with Crippen molar-refractivity contribution in [3.05, 3.63) is 34.8 Å². The highest BCUT2D eigenvalue weighted by Gasteiger charge is 2.22. The van der Waals surface area contributed by atoms with Crippen LogP contribution in [-0.2, 0) is 11.2 Å². The highest BCUT2D eigenvalue weighted by molar-refractivity contribution is 7.09. The Labute approximate surface area is 165 Å². The van der Waals surface area contributed by atoms with Crippen LogP contribution in [0.1, 0.15) is 37.5 Å². The van der Waals surface area contributed by atoms with Gasteiger partial charge in [-0.3, -0.25) is 4.79 Å². The van der Waals surface area contributed by atoms with Gasteiger partial charge in [-0.15, -0.1) is 11.3 Å². The molecule has 7 heteroatoms. The zero-order valence-electron chi connectivity index (χ0n) is 16.0. The molecule has 3 heterocycles. The normalized spacial score (nSPS) is 16.9. The predicted molar refractivity (Wildman–Crippen MR) is 111 cm³/mol. The van der Waals surface area contributed by atoms with Gasteiger partial charge in [-0.05, 0) is 50.0 Å². The van der Waals surface area contributed by atoms with E-state index in [0.717, 1.165) is 57.1 Å². The minimum Gasteiger partial charge on any atom is -0.370 e. The van der Waals surface area contributed by atoms with E-state index in [4.69, 9.17) is 0 Å². The molecule has 27 heavy (non-hydrogen) atoms. The van der Waals surface area contributed by atoms with Crippen LogP contribution in [0.25, 0.3) is 0 Å². The first-order valence-corrected chi connectivity index (χ1v) is 10.7. The molecule has 1 aliphatic heterocycles. The fourth-order valence-corrected chi connectivity index (χ4v) is 4.22. The topological polar surface area (TPSA) is 70.2 Å². The summed E-state index contributed by atoms with van der Waals surface area (Å²) in [6, 6.07) is 6.18. The molecule has 0 spiro atoms. The van der Waals surface area contributed by atoms with Crippen molar-refractivity contribution in [1.29, 1.82) is 0 Å². The summed E-state index contributed by atoms with van der Waals surface area (Å²) in [4.78, 5) is 24.5. The van der Waals surface area contributed by atoms with Crippen molar-refractivity contribution in [3.63, 3.8) is 0 Å². The summed E-state index contributed by atoms with van der Waals surface area (Å²) in [6.07, 6.45) is 6.41. The summed E-state index contributed by atoms with van der Waals surface area (Å²) in [5, 5.41) is 8.36. The third-order valence-electron chi connectivity index (χ3n) is 4.91. The number of piperidine rings is 1. The fourth-order valence-electron chi connectivity index (χ4n) is 3.51. The van der Waals surface area contributed by atoms with Crippen LogP contribution in [0.3, 0.4) is 0 Å². The van der Waals surface area contributed by atoms with Crippen LogP contribution in [-0.4, -0.2) is 42.1 Å². The maximum Gasteiger partial charge on any atom is 0.220 e. The summed E-state index contributed by atoms with van der Waals surface area (Å²) < 4.78 is 0. The second-order valence-electron chi connectivity index (χ2n) is 6.96. The van der Waals surface area contributed by atoms with Gasteiger partial charge in [0.2, 0.25) is 5.91 Å². The molecule has 6 nitrogen and oxygen atoms in total. The lowest BCUT2D eigenvalue weighted by Crippen LogP contribution is -2.36. The van der Waals surface area contributed by atoms with E-state index in [1.165, 1.54) is 11.3 Å². The molecule has 0 bridgehead atoms. The lowest BCUT2D eigenvalue weighted by atomic mass is 9.93. The Kier molecular flexibility index (Phi) is 7.45. The number of rotatable bonds is 9. The molecule has 2 N–H and O–H groups in total. The molecule has 0 aliphatic carbocycles. The van der Waals surface area contributed by atoms with Gasteiger partial charge in [0.15, 0.2) is 0 Å². The van der Waals surface area contributed by atoms with Gasteiger partial charge < -0.3 is 15.5 Å². The van der Waals surface area contributed by atoms with Crippen LogP contribution >= 0.6 is 11.3 Å². The van der Waals surface area contributed by atoms with Gasteiger partial charge in [0, 0.05) is 43.5 Å². The first kappa shape index (κ1) is 19.6. The Balaban J connectivity index is 1.41. The van der Waals surface area contributed by atoms with Crippen LogP contribution in [0, 0.1) is 5.92 Å². The van der Waals surface area contributed by atoms with Gasteiger partial charge in [0.1, 0.15) is 18.0 Å². The third-order valence-corrected chi connectivity index (χ3v) is 5.84. The molecular weight excluding hydrogens is 358 g/mol. The molecule has 0 unspecified atom stereocenters. The van der Waals surface area contributed by atoms with Crippen molar-refractivity contribution in [1.82, 2.24) is 15.3 Å². The standard InChI is InChI=1S/C20H29N5OS/c1-2-21-18-13-19(24-15-23-18)25-11-3-5-16(14-25)7-8-20(26)22-10-9-17-6-4-12-27-17/h4,6,12-13,15-16H,2-3,5,7-11,14H2,1H3,(H,22,26)(H,21,23,24)/t16-/m0/s1. The monoisotopic (exact) mass is 387 g/mol. The van der Waals surface area contributed by atoms with Crippen LogP contribution < -0.4 is 15.5 Å². The molecule has 2 aromatic heterocycles. The number of amides is 1. The molecule has 0 radical (unpaired) electrons. The largest absolute Gasteiger partial charge is 0.370 e. The van der Waals surface area contributed by atoms with E-state index in [0.29, 0.717) is 12.3 Å². The van der Waals surface area contributed by atoms with Crippen molar-refractivity contribution < 1.29 is 4.79 Å². The number of carbonyl (C=O) groups excluding carboxylic acids is 1. The molecule has 2 aromatic rings. The highest BCUT2D eigenvalue weighted by Crippen LogP contribution is 2.25. The van der Waals surface area contributed by atoms with E-state index in [2.05, 4.69) is 49.9 Å². The average molecular weight is 388 g/mol. The van der Waals surface area contributed by atoms with Gasteiger partial charge in [0.25, 0.3) is 0 Å². The van der Waals surface area contributed by atoms with Gasteiger partial charge in [0.05, 0.1) is 0 Å². The first-order chi connectivity index (χ1) is 13.2. The number of nitrogens with one attached hydrogen (secondary N) is 2. The van der Waals surface area contributed by atoms with E-state index in [9.17, 15) is 4.79 Å².